The Morgan fingerprint density at radius 2 is 2.08 bits per heavy atom. The number of carbonyl (C=O) groups excluding carboxylic acids is 1. The Kier molecular flexibility index (Phi) is 4.24. The lowest BCUT2D eigenvalue weighted by atomic mass is 10.0. The number of esters is 1. The number of carbonyl (C=O) groups is 1. The van der Waals surface area contributed by atoms with Crippen LogP contribution in [-0.4, -0.2) is 18.1 Å². The van der Waals surface area contributed by atoms with E-state index in [0.717, 1.165) is 0 Å². The molecule has 1 unspecified atom stereocenters. The summed E-state index contributed by atoms with van der Waals surface area (Å²) < 4.78 is 4.93. The topological polar surface area (TPSA) is 50.1 Å². The third-order valence-electron chi connectivity index (χ3n) is 1.71. The normalized spacial score (nSPS) is 15.8. The lowest BCUT2D eigenvalue weighted by Crippen LogP contribution is -2.38. The van der Waals surface area contributed by atoms with E-state index in [1.165, 1.54) is 0 Å². The predicted octanol–water partition coefficient (Wildman–Crippen LogP) is 1.64. The molecule has 0 aliphatic rings. The second kappa shape index (κ2) is 4.45. The zero-order valence-electron chi connectivity index (χ0n) is 8.31. The van der Waals surface area contributed by atoms with Gasteiger partial charge in [-0.05, 0) is 19.3 Å². The van der Waals surface area contributed by atoms with Gasteiger partial charge in [-0.25, -0.2) is 5.73 Å². The Balaban J connectivity index is 3.88. The monoisotopic (exact) mass is 172 g/mol. The molecule has 3 heteroatoms. The first-order valence-corrected chi connectivity index (χ1v) is 4.32. The van der Waals surface area contributed by atoms with Crippen molar-refractivity contribution in [3.05, 3.63) is 0 Å². The minimum Gasteiger partial charge on any atom is -0.464 e. The van der Waals surface area contributed by atoms with Gasteiger partial charge in [0, 0.05) is 0 Å². The van der Waals surface area contributed by atoms with Crippen molar-refractivity contribution in [2.45, 2.75) is 39.7 Å². The first-order chi connectivity index (χ1) is 5.40. The van der Waals surface area contributed by atoms with Gasteiger partial charge in [-0.3, -0.25) is 4.79 Å². The van der Waals surface area contributed by atoms with Crippen molar-refractivity contribution >= 4 is 5.97 Å². The SMILES string of the molecule is CCC(C)([NH])C(=O)OCC(C)C. The third kappa shape index (κ3) is 3.72. The van der Waals surface area contributed by atoms with Crippen LogP contribution in [0.25, 0.3) is 0 Å². The van der Waals surface area contributed by atoms with Crippen LogP contribution >= 0.6 is 0 Å². The van der Waals surface area contributed by atoms with Gasteiger partial charge in [-0.15, -0.1) is 0 Å². The highest BCUT2D eigenvalue weighted by atomic mass is 16.5. The van der Waals surface area contributed by atoms with E-state index in [0.29, 0.717) is 18.9 Å². The smallest absolute Gasteiger partial charge is 0.327 e. The zero-order chi connectivity index (χ0) is 9.78. The summed E-state index contributed by atoms with van der Waals surface area (Å²) in [6, 6.07) is 0. The molecule has 0 aromatic heterocycles. The third-order valence-corrected chi connectivity index (χ3v) is 1.71. The van der Waals surface area contributed by atoms with Gasteiger partial charge in [0.1, 0.15) is 5.54 Å². The maximum absolute atomic E-state index is 11.2. The molecule has 0 aliphatic heterocycles. The maximum Gasteiger partial charge on any atom is 0.327 e. The van der Waals surface area contributed by atoms with Gasteiger partial charge in [-0.1, -0.05) is 20.8 Å². The van der Waals surface area contributed by atoms with E-state index in [-0.39, 0.29) is 0 Å². The number of rotatable bonds is 4. The van der Waals surface area contributed by atoms with Crippen LogP contribution in [0.5, 0.6) is 0 Å². The molecule has 0 aromatic rings. The molecule has 0 aliphatic carbocycles. The van der Waals surface area contributed by atoms with Crippen LogP contribution in [0.1, 0.15) is 34.1 Å². The fourth-order valence-corrected chi connectivity index (χ4v) is 0.546. The van der Waals surface area contributed by atoms with Gasteiger partial charge in [-0.2, -0.15) is 0 Å². The first-order valence-electron chi connectivity index (χ1n) is 4.32. The number of ether oxygens (including phenoxy) is 1. The standard InChI is InChI=1S/C9H18NO2/c1-5-9(4,10)8(11)12-6-7(2)3/h7,10H,5-6H2,1-4H3. The molecule has 0 saturated carbocycles. The Morgan fingerprint density at radius 3 is 2.42 bits per heavy atom. The largest absolute Gasteiger partial charge is 0.464 e. The Morgan fingerprint density at radius 1 is 1.58 bits per heavy atom. The fourth-order valence-electron chi connectivity index (χ4n) is 0.546. The molecular formula is C9H18NO2. The molecule has 0 fully saturated rings. The summed E-state index contributed by atoms with van der Waals surface area (Å²) in [6.45, 7) is 7.74. The fraction of sp³-hybridized carbons (Fsp3) is 0.889. The second-order valence-electron chi connectivity index (χ2n) is 3.68. The Labute approximate surface area is 74.3 Å². The van der Waals surface area contributed by atoms with Crippen LogP contribution in [0.4, 0.5) is 0 Å². The highest BCUT2D eigenvalue weighted by Crippen LogP contribution is 2.10. The molecule has 0 bridgehead atoms. The minimum absolute atomic E-state index is 0.335. The van der Waals surface area contributed by atoms with Crippen molar-refractivity contribution in [1.29, 1.82) is 0 Å². The summed E-state index contributed by atoms with van der Waals surface area (Å²) in [7, 11) is 0. The molecule has 0 rings (SSSR count). The molecule has 1 atom stereocenters. The van der Waals surface area contributed by atoms with Gasteiger partial charge in [0.2, 0.25) is 0 Å². The predicted molar refractivity (Wildman–Crippen MR) is 47.6 cm³/mol. The zero-order valence-corrected chi connectivity index (χ0v) is 8.31. The lowest BCUT2D eigenvalue weighted by molar-refractivity contribution is -0.151. The van der Waals surface area contributed by atoms with Crippen molar-refractivity contribution in [2.24, 2.45) is 5.92 Å². The molecule has 1 radical (unpaired) electrons. The number of nitrogens with one attached hydrogen (secondary N) is 1. The molecule has 71 valence electrons. The van der Waals surface area contributed by atoms with Crippen molar-refractivity contribution in [3.63, 3.8) is 0 Å². The van der Waals surface area contributed by atoms with Crippen molar-refractivity contribution in [3.8, 4) is 0 Å². The molecule has 0 spiro atoms. The van der Waals surface area contributed by atoms with Crippen LogP contribution in [0.2, 0.25) is 0 Å². The Hall–Kier alpha value is -0.570. The number of hydrogen-bond donors (Lipinski definition) is 0. The van der Waals surface area contributed by atoms with Crippen LogP contribution < -0.4 is 5.73 Å². The molecule has 0 saturated heterocycles. The molecule has 12 heavy (non-hydrogen) atoms. The van der Waals surface area contributed by atoms with Crippen molar-refractivity contribution in [2.75, 3.05) is 6.61 Å². The van der Waals surface area contributed by atoms with Gasteiger partial charge in [0.05, 0.1) is 6.61 Å². The summed E-state index contributed by atoms with van der Waals surface area (Å²) in [5.41, 5.74) is 6.48. The molecule has 0 amide bonds. The van der Waals surface area contributed by atoms with Crippen LogP contribution in [0.15, 0.2) is 0 Å². The van der Waals surface area contributed by atoms with E-state index < -0.39 is 11.5 Å². The van der Waals surface area contributed by atoms with E-state index in [1.807, 2.05) is 20.8 Å². The first kappa shape index (κ1) is 11.4. The van der Waals surface area contributed by atoms with E-state index in [1.54, 1.807) is 6.92 Å². The Bertz CT molecular complexity index is 153. The van der Waals surface area contributed by atoms with Crippen molar-refractivity contribution in [1.82, 2.24) is 5.73 Å². The molecule has 0 aromatic carbocycles. The van der Waals surface area contributed by atoms with Gasteiger partial charge in [0.15, 0.2) is 0 Å². The number of hydrogen-bond acceptors (Lipinski definition) is 2. The lowest BCUT2D eigenvalue weighted by Gasteiger charge is -2.19. The van der Waals surface area contributed by atoms with Crippen LogP contribution in [0, 0.1) is 5.92 Å². The van der Waals surface area contributed by atoms with Crippen LogP contribution in [-0.2, 0) is 9.53 Å². The summed E-state index contributed by atoms with van der Waals surface area (Å²) in [5.74, 6) is -0.0830. The van der Waals surface area contributed by atoms with Crippen LogP contribution in [0.3, 0.4) is 0 Å². The summed E-state index contributed by atoms with van der Waals surface area (Å²) in [5, 5.41) is 0. The quantitative estimate of drug-likeness (QED) is 0.605. The van der Waals surface area contributed by atoms with Crippen molar-refractivity contribution < 1.29 is 9.53 Å². The van der Waals surface area contributed by atoms with Gasteiger partial charge < -0.3 is 4.74 Å². The highest BCUT2D eigenvalue weighted by Gasteiger charge is 2.28. The molecular weight excluding hydrogens is 154 g/mol. The van der Waals surface area contributed by atoms with E-state index in [2.05, 4.69) is 0 Å². The molecule has 3 nitrogen and oxygen atoms in total. The summed E-state index contributed by atoms with van der Waals surface area (Å²) in [6.07, 6.45) is 0.490. The highest BCUT2D eigenvalue weighted by molar-refractivity contribution is 5.79. The van der Waals surface area contributed by atoms with E-state index in [9.17, 15) is 4.79 Å². The van der Waals surface area contributed by atoms with Gasteiger partial charge >= 0.3 is 5.97 Å². The minimum atomic E-state index is -1.07. The van der Waals surface area contributed by atoms with E-state index >= 15 is 0 Å². The van der Waals surface area contributed by atoms with E-state index in [4.69, 9.17) is 10.5 Å². The average molecular weight is 172 g/mol. The summed E-state index contributed by atoms with van der Waals surface area (Å²) in [4.78, 5) is 11.2. The van der Waals surface area contributed by atoms with Gasteiger partial charge in [0.25, 0.3) is 0 Å². The molecule has 0 heterocycles. The summed E-state index contributed by atoms with van der Waals surface area (Å²) >= 11 is 0. The molecule has 1 N–H and O–H groups in total. The average Bonchev–Trinajstić information content (AvgIpc) is 2.00. The maximum atomic E-state index is 11.2. The second-order valence-corrected chi connectivity index (χ2v) is 3.68.